The molecular formula is C21H20F3NO4S. The van der Waals surface area contributed by atoms with E-state index in [4.69, 9.17) is 0 Å². The van der Waals surface area contributed by atoms with E-state index in [1.165, 1.54) is 42.3 Å². The van der Waals surface area contributed by atoms with Crippen LogP contribution in [0.25, 0.3) is 0 Å². The number of benzene rings is 2. The third-order valence-electron chi connectivity index (χ3n) is 3.92. The van der Waals surface area contributed by atoms with Crippen LogP contribution in [0.3, 0.4) is 0 Å². The minimum absolute atomic E-state index is 0.0405. The predicted molar refractivity (Wildman–Crippen MR) is 106 cm³/mol. The maximum absolute atomic E-state index is 13.1. The number of carbonyl (C=O) groups is 1. The van der Waals surface area contributed by atoms with Gasteiger partial charge in [-0.25, -0.2) is 8.42 Å². The number of alkyl halides is 3. The Hall–Kier alpha value is -2.83. The Morgan fingerprint density at radius 1 is 1.10 bits per heavy atom. The van der Waals surface area contributed by atoms with Gasteiger partial charge in [-0.2, -0.15) is 13.2 Å². The highest BCUT2D eigenvalue weighted by Crippen LogP contribution is 2.27. The predicted octanol–water partition coefficient (Wildman–Crippen LogP) is 3.71. The third-order valence-corrected chi connectivity index (χ3v) is 5.72. The van der Waals surface area contributed by atoms with Crippen molar-refractivity contribution >= 4 is 21.5 Å². The lowest BCUT2D eigenvalue weighted by molar-refractivity contribution is -0.164. The first kappa shape index (κ1) is 23.4. The summed E-state index contributed by atoms with van der Waals surface area (Å²) in [5, 5.41) is 10.1. The van der Waals surface area contributed by atoms with Crippen LogP contribution in [-0.4, -0.2) is 32.0 Å². The van der Waals surface area contributed by atoms with Crippen LogP contribution < -0.4 is 4.31 Å². The number of anilines is 1. The van der Waals surface area contributed by atoms with Crippen LogP contribution in [0.4, 0.5) is 18.9 Å². The Balaban J connectivity index is 2.43. The molecule has 9 heteroatoms. The normalized spacial score (nSPS) is 12.8. The molecule has 0 heterocycles. The minimum atomic E-state index is -5.12. The number of Topliss-reactive ketones (excluding diaryl/α,β-unsaturated/α-hetero) is 1. The molecule has 0 saturated heterocycles. The summed E-state index contributed by atoms with van der Waals surface area (Å²) in [6, 6.07) is 13.4. The van der Waals surface area contributed by atoms with E-state index in [1.54, 1.807) is 18.2 Å². The summed E-state index contributed by atoms with van der Waals surface area (Å²) in [5.74, 6) is 0.900. The lowest BCUT2D eigenvalue weighted by Crippen LogP contribution is -2.34. The molecule has 0 spiro atoms. The molecule has 1 N–H and O–H groups in total. The van der Waals surface area contributed by atoms with E-state index in [-0.39, 0.29) is 28.6 Å². The van der Waals surface area contributed by atoms with Crippen LogP contribution in [0.5, 0.6) is 0 Å². The number of nitrogens with zero attached hydrogens (tertiary/aromatic N) is 1. The van der Waals surface area contributed by atoms with Gasteiger partial charge < -0.3 is 5.11 Å². The molecule has 2 aromatic rings. The van der Waals surface area contributed by atoms with E-state index in [0.717, 1.165) is 4.31 Å². The van der Waals surface area contributed by atoms with E-state index in [1.807, 2.05) is 19.8 Å². The molecule has 0 aliphatic heterocycles. The largest absolute Gasteiger partial charge is 0.462 e. The Kier molecular flexibility index (Phi) is 7.29. The highest BCUT2D eigenvalue weighted by Gasteiger charge is 2.37. The molecule has 0 saturated carbocycles. The fraction of sp³-hybridized carbons (Fsp3) is 0.286. The van der Waals surface area contributed by atoms with Gasteiger partial charge in [0.1, 0.15) is 6.10 Å². The molecule has 2 aromatic carbocycles. The first-order valence-electron chi connectivity index (χ1n) is 8.91. The summed E-state index contributed by atoms with van der Waals surface area (Å²) in [5.41, 5.74) is 0.278. The van der Waals surface area contributed by atoms with Gasteiger partial charge >= 0.3 is 12.0 Å². The van der Waals surface area contributed by atoms with Crippen LogP contribution in [0.15, 0.2) is 59.5 Å². The van der Waals surface area contributed by atoms with Crippen LogP contribution >= 0.6 is 0 Å². The fourth-order valence-electron chi connectivity index (χ4n) is 2.53. The summed E-state index contributed by atoms with van der Waals surface area (Å²) < 4.78 is 64.3. The number of sulfonamides is 1. The smallest absolute Gasteiger partial charge is 0.376 e. The lowest BCUT2D eigenvalue weighted by atomic mass is 10.1. The summed E-state index contributed by atoms with van der Waals surface area (Å²) >= 11 is 0. The average Bonchev–Trinajstić information content (AvgIpc) is 2.69. The maximum atomic E-state index is 13.1. The van der Waals surface area contributed by atoms with Gasteiger partial charge in [-0.1, -0.05) is 50.1 Å². The molecular weight excluding hydrogens is 419 g/mol. The Labute approximate surface area is 173 Å². The maximum Gasteiger partial charge on any atom is 0.462 e. The van der Waals surface area contributed by atoms with Gasteiger partial charge in [0.25, 0.3) is 10.0 Å². The molecule has 0 aromatic heterocycles. The minimum Gasteiger partial charge on any atom is -0.376 e. The zero-order valence-electron chi connectivity index (χ0n) is 16.2. The zero-order chi connectivity index (χ0) is 22.5. The molecule has 2 rings (SSSR count). The topological polar surface area (TPSA) is 74.7 Å². The number of hydrogen-bond acceptors (Lipinski definition) is 4. The average molecular weight is 439 g/mol. The van der Waals surface area contributed by atoms with E-state index in [0.29, 0.717) is 0 Å². The monoisotopic (exact) mass is 439 g/mol. The fourth-order valence-corrected chi connectivity index (χ4v) is 4.17. The molecule has 0 radical (unpaired) electrons. The quantitative estimate of drug-likeness (QED) is 0.550. The summed E-state index contributed by atoms with van der Waals surface area (Å²) in [7, 11) is -3.92. The Morgan fingerprint density at radius 2 is 1.73 bits per heavy atom. The van der Waals surface area contributed by atoms with Crippen molar-refractivity contribution in [3.8, 4) is 11.8 Å². The highest BCUT2D eigenvalue weighted by atomic mass is 32.2. The van der Waals surface area contributed by atoms with E-state index < -0.39 is 28.1 Å². The van der Waals surface area contributed by atoms with Crippen molar-refractivity contribution < 1.29 is 31.5 Å². The third kappa shape index (κ3) is 5.84. The lowest BCUT2D eigenvalue weighted by Gasteiger charge is -2.27. The second-order valence-corrected chi connectivity index (χ2v) is 8.70. The number of aliphatic hydroxyl groups excluding tert-OH is 1. The van der Waals surface area contributed by atoms with Crippen molar-refractivity contribution in [2.24, 2.45) is 5.92 Å². The molecule has 0 amide bonds. The summed E-state index contributed by atoms with van der Waals surface area (Å²) in [4.78, 5) is 11.0. The van der Waals surface area contributed by atoms with Crippen LogP contribution in [0.1, 0.15) is 25.5 Å². The SMILES string of the molecule is CC(C)CN(c1cccc(C(O)C#CC(=O)C(F)(F)F)c1)S(=O)(=O)c1ccccc1. The molecule has 0 aliphatic rings. The first-order chi connectivity index (χ1) is 13.9. The second-order valence-electron chi connectivity index (χ2n) is 6.84. The number of carbonyl (C=O) groups excluding carboxylic acids is 1. The van der Waals surface area contributed by atoms with E-state index in [2.05, 4.69) is 0 Å². The van der Waals surface area contributed by atoms with E-state index in [9.17, 15) is 31.5 Å². The van der Waals surface area contributed by atoms with Crippen LogP contribution in [-0.2, 0) is 14.8 Å². The molecule has 0 aliphatic carbocycles. The molecule has 30 heavy (non-hydrogen) atoms. The van der Waals surface area contributed by atoms with Gasteiger partial charge in [0.2, 0.25) is 0 Å². The number of hydrogen-bond donors (Lipinski definition) is 1. The molecule has 0 fully saturated rings. The van der Waals surface area contributed by atoms with Crippen molar-refractivity contribution in [1.82, 2.24) is 0 Å². The standard InChI is InChI=1S/C21H20F3NO4S/c1-15(2)14-25(30(28,29)18-9-4-3-5-10-18)17-8-6-7-16(13-17)19(26)11-12-20(27)21(22,23)24/h3-10,13,15,19,26H,14H2,1-2H3. The Morgan fingerprint density at radius 3 is 2.30 bits per heavy atom. The van der Waals surface area contributed by atoms with Crippen molar-refractivity contribution in [2.75, 3.05) is 10.8 Å². The van der Waals surface area contributed by atoms with Gasteiger partial charge in [0, 0.05) is 6.54 Å². The van der Waals surface area contributed by atoms with Crippen LogP contribution in [0.2, 0.25) is 0 Å². The van der Waals surface area contributed by atoms with Crippen LogP contribution in [0, 0.1) is 17.8 Å². The van der Waals surface area contributed by atoms with E-state index >= 15 is 0 Å². The van der Waals surface area contributed by atoms with Crippen molar-refractivity contribution in [3.05, 3.63) is 60.2 Å². The first-order valence-corrected chi connectivity index (χ1v) is 10.4. The Bertz CT molecular complexity index is 1050. The van der Waals surface area contributed by atoms with Crippen molar-refractivity contribution in [2.45, 2.75) is 31.0 Å². The summed E-state index contributed by atoms with van der Waals surface area (Å²) in [6.07, 6.45) is -6.82. The highest BCUT2D eigenvalue weighted by molar-refractivity contribution is 7.92. The molecule has 0 bridgehead atoms. The second kappa shape index (κ2) is 9.32. The number of aliphatic hydroxyl groups is 1. The molecule has 1 unspecified atom stereocenters. The van der Waals surface area contributed by atoms with Gasteiger partial charge in [-0.05, 0) is 41.7 Å². The molecule has 1 atom stereocenters. The van der Waals surface area contributed by atoms with Crippen molar-refractivity contribution in [1.29, 1.82) is 0 Å². The molecule has 5 nitrogen and oxygen atoms in total. The zero-order valence-corrected chi connectivity index (χ0v) is 17.0. The van der Waals surface area contributed by atoms with Gasteiger partial charge in [-0.15, -0.1) is 0 Å². The summed E-state index contributed by atoms with van der Waals surface area (Å²) in [6.45, 7) is 3.80. The van der Waals surface area contributed by atoms with Gasteiger partial charge in [0.15, 0.2) is 0 Å². The number of rotatable bonds is 6. The van der Waals surface area contributed by atoms with Gasteiger partial charge in [-0.3, -0.25) is 9.10 Å². The van der Waals surface area contributed by atoms with Gasteiger partial charge in [0.05, 0.1) is 10.6 Å². The number of halogens is 3. The van der Waals surface area contributed by atoms with Crippen molar-refractivity contribution in [3.63, 3.8) is 0 Å². The molecule has 160 valence electrons. The number of ketones is 1.